The second kappa shape index (κ2) is 5.38. The van der Waals surface area contributed by atoms with Crippen molar-refractivity contribution in [2.24, 2.45) is 0 Å². The molecule has 0 amide bonds. The number of hydrogen-bond donors (Lipinski definition) is 3. The Morgan fingerprint density at radius 1 is 1.30 bits per heavy atom. The van der Waals surface area contributed by atoms with Gasteiger partial charge in [-0.3, -0.25) is 9.97 Å². The molecule has 2 aromatic heterocycles. The van der Waals surface area contributed by atoms with Crippen LogP contribution in [-0.4, -0.2) is 26.5 Å². The van der Waals surface area contributed by atoms with Gasteiger partial charge in [-0.15, -0.1) is 0 Å². The topological polar surface area (TPSA) is 102 Å². The molecule has 0 fully saturated rings. The quantitative estimate of drug-likeness (QED) is 0.743. The van der Waals surface area contributed by atoms with Gasteiger partial charge in [0.25, 0.3) is 0 Å². The van der Waals surface area contributed by atoms with Crippen LogP contribution in [0.4, 0.5) is 11.8 Å². The van der Waals surface area contributed by atoms with E-state index in [1.165, 1.54) is 0 Å². The summed E-state index contributed by atoms with van der Waals surface area (Å²) in [5.41, 5.74) is 9.64. The molecule has 0 atom stereocenters. The maximum atomic E-state index is 5.75. The average molecular weight is 271 g/mol. The van der Waals surface area contributed by atoms with Crippen molar-refractivity contribution in [1.29, 1.82) is 0 Å². The molecule has 4 N–H and O–H groups in total. The number of nitrogens with zero attached hydrogens (tertiary/aromatic N) is 4. The Bertz CT molecular complexity index is 609. The zero-order valence-corrected chi connectivity index (χ0v) is 11.3. The number of fused-ring (bicyclic) bond motifs is 1. The van der Waals surface area contributed by atoms with Crippen LogP contribution in [0.15, 0.2) is 12.4 Å². The summed E-state index contributed by atoms with van der Waals surface area (Å²) in [5.74, 6) is 1.10. The smallest absolute Gasteiger partial charge is 0.222 e. The molecule has 1 aliphatic rings. The second-order valence-corrected chi connectivity index (χ2v) is 4.79. The highest BCUT2D eigenvalue weighted by molar-refractivity contribution is 5.50. The zero-order chi connectivity index (χ0) is 13.9. The average Bonchev–Trinajstić information content (AvgIpc) is 2.46. The van der Waals surface area contributed by atoms with Crippen LogP contribution in [-0.2, 0) is 19.5 Å². The molecule has 0 saturated heterocycles. The summed E-state index contributed by atoms with van der Waals surface area (Å²) < 4.78 is 0. The summed E-state index contributed by atoms with van der Waals surface area (Å²) in [7, 11) is 0. The lowest BCUT2D eigenvalue weighted by molar-refractivity contribution is 0.625. The first-order valence-corrected chi connectivity index (χ1v) is 6.60. The van der Waals surface area contributed by atoms with E-state index in [0.717, 1.165) is 48.0 Å². The SMILES string of the molecule is Cc1cnc(CNc2nc(N)nc3c2CCNC3)cn1. The third kappa shape index (κ3) is 2.67. The van der Waals surface area contributed by atoms with Gasteiger partial charge in [-0.25, -0.2) is 4.98 Å². The molecule has 0 aromatic carbocycles. The Morgan fingerprint density at radius 3 is 3.00 bits per heavy atom. The van der Waals surface area contributed by atoms with Crippen molar-refractivity contribution < 1.29 is 0 Å². The molecule has 0 aliphatic carbocycles. The standard InChI is InChI=1S/C13H17N7/c1-8-4-17-9(5-16-8)6-18-12-10-2-3-15-7-11(10)19-13(14)20-12/h4-5,15H,2-3,6-7H2,1H3,(H3,14,18,19,20). The van der Waals surface area contributed by atoms with E-state index in [1.54, 1.807) is 12.4 Å². The van der Waals surface area contributed by atoms with E-state index in [1.807, 2.05) is 6.92 Å². The van der Waals surface area contributed by atoms with E-state index in [4.69, 9.17) is 5.73 Å². The normalized spacial score (nSPS) is 13.8. The van der Waals surface area contributed by atoms with Crippen LogP contribution in [0.2, 0.25) is 0 Å². The number of anilines is 2. The maximum Gasteiger partial charge on any atom is 0.222 e. The lowest BCUT2D eigenvalue weighted by atomic mass is 10.1. The number of nitrogens with one attached hydrogen (secondary N) is 2. The van der Waals surface area contributed by atoms with Crippen molar-refractivity contribution in [3.8, 4) is 0 Å². The van der Waals surface area contributed by atoms with E-state index in [2.05, 4.69) is 30.6 Å². The summed E-state index contributed by atoms with van der Waals surface area (Å²) in [4.78, 5) is 17.1. The fraction of sp³-hybridized carbons (Fsp3) is 0.385. The van der Waals surface area contributed by atoms with E-state index >= 15 is 0 Å². The first-order valence-electron chi connectivity index (χ1n) is 6.60. The molecule has 2 aromatic rings. The van der Waals surface area contributed by atoms with Crippen LogP contribution in [0.5, 0.6) is 0 Å². The number of rotatable bonds is 3. The summed E-state index contributed by atoms with van der Waals surface area (Å²) >= 11 is 0. The minimum absolute atomic E-state index is 0.296. The molecule has 1 aliphatic heterocycles. The van der Waals surface area contributed by atoms with Gasteiger partial charge < -0.3 is 16.4 Å². The van der Waals surface area contributed by atoms with E-state index in [9.17, 15) is 0 Å². The van der Waals surface area contributed by atoms with Gasteiger partial charge in [0.2, 0.25) is 5.95 Å². The summed E-state index contributed by atoms with van der Waals surface area (Å²) in [6, 6.07) is 0. The van der Waals surface area contributed by atoms with Gasteiger partial charge in [0.05, 0.1) is 29.8 Å². The molecule has 7 heteroatoms. The van der Waals surface area contributed by atoms with Crippen LogP contribution in [0, 0.1) is 6.92 Å². The molecule has 3 rings (SSSR count). The lowest BCUT2D eigenvalue weighted by Crippen LogP contribution is -2.26. The molecule has 0 spiro atoms. The van der Waals surface area contributed by atoms with Gasteiger partial charge >= 0.3 is 0 Å². The summed E-state index contributed by atoms with van der Waals surface area (Å²) in [6.45, 7) is 4.16. The maximum absolute atomic E-state index is 5.75. The molecule has 0 saturated carbocycles. The van der Waals surface area contributed by atoms with Crippen molar-refractivity contribution in [2.75, 3.05) is 17.6 Å². The van der Waals surface area contributed by atoms with Gasteiger partial charge in [-0.1, -0.05) is 0 Å². The van der Waals surface area contributed by atoms with Gasteiger partial charge in [-0.05, 0) is 19.9 Å². The fourth-order valence-corrected chi connectivity index (χ4v) is 2.21. The van der Waals surface area contributed by atoms with E-state index < -0.39 is 0 Å². The van der Waals surface area contributed by atoms with Crippen LogP contribution in [0.1, 0.15) is 22.6 Å². The highest BCUT2D eigenvalue weighted by Gasteiger charge is 2.16. The van der Waals surface area contributed by atoms with Gasteiger partial charge in [-0.2, -0.15) is 4.98 Å². The Labute approximate surface area is 117 Å². The summed E-state index contributed by atoms with van der Waals surface area (Å²) in [6.07, 6.45) is 4.42. The molecular weight excluding hydrogens is 254 g/mol. The predicted octanol–water partition coefficient (Wildman–Crippen LogP) is 0.415. The van der Waals surface area contributed by atoms with E-state index in [-0.39, 0.29) is 0 Å². The van der Waals surface area contributed by atoms with Crippen molar-refractivity contribution in [3.05, 3.63) is 35.0 Å². The number of nitrogens with two attached hydrogens (primary N) is 1. The predicted molar refractivity (Wildman–Crippen MR) is 76.0 cm³/mol. The lowest BCUT2D eigenvalue weighted by Gasteiger charge is -2.19. The Hall–Kier alpha value is -2.28. The molecular formula is C13H17N7. The van der Waals surface area contributed by atoms with Crippen molar-refractivity contribution in [2.45, 2.75) is 26.4 Å². The largest absolute Gasteiger partial charge is 0.368 e. The minimum atomic E-state index is 0.296. The third-order valence-corrected chi connectivity index (χ3v) is 3.23. The molecule has 3 heterocycles. The summed E-state index contributed by atoms with van der Waals surface area (Å²) in [5, 5.41) is 6.57. The molecule has 0 bridgehead atoms. The van der Waals surface area contributed by atoms with Gasteiger partial charge in [0.15, 0.2) is 0 Å². The molecule has 20 heavy (non-hydrogen) atoms. The first-order chi connectivity index (χ1) is 9.72. The van der Waals surface area contributed by atoms with Crippen LogP contribution in [0.25, 0.3) is 0 Å². The molecule has 7 nitrogen and oxygen atoms in total. The Kier molecular flexibility index (Phi) is 3.42. The number of nitrogen functional groups attached to an aromatic ring is 1. The number of aromatic nitrogens is 4. The highest BCUT2D eigenvalue weighted by Crippen LogP contribution is 2.21. The minimum Gasteiger partial charge on any atom is -0.368 e. The molecule has 0 radical (unpaired) electrons. The number of aryl methyl sites for hydroxylation is 1. The molecule has 104 valence electrons. The van der Waals surface area contributed by atoms with Crippen LogP contribution < -0.4 is 16.4 Å². The van der Waals surface area contributed by atoms with Crippen molar-refractivity contribution in [1.82, 2.24) is 25.3 Å². The zero-order valence-electron chi connectivity index (χ0n) is 11.3. The van der Waals surface area contributed by atoms with Gasteiger partial charge in [0, 0.05) is 18.3 Å². The van der Waals surface area contributed by atoms with Gasteiger partial charge in [0.1, 0.15) is 5.82 Å². The second-order valence-electron chi connectivity index (χ2n) is 4.79. The Morgan fingerprint density at radius 2 is 2.20 bits per heavy atom. The van der Waals surface area contributed by atoms with Crippen molar-refractivity contribution in [3.63, 3.8) is 0 Å². The first kappa shape index (κ1) is 12.7. The third-order valence-electron chi connectivity index (χ3n) is 3.23. The van der Waals surface area contributed by atoms with E-state index in [0.29, 0.717) is 12.5 Å². The highest BCUT2D eigenvalue weighted by atomic mass is 15.1. The number of hydrogen-bond acceptors (Lipinski definition) is 7. The van der Waals surface area contributed by atoms with Crippen LogP contribution in [0.3, 0.4) is 0 Å². The molecule has 0 unspecified atom stereocenters. The monoisotopic (exact) mass is 271 g/mol. The Balaban J connectivity index is 1.80. The fourth-order valence-electron chi connectivity index (χ4n) is 2.21. The van der Waals surface area contributed by atoms with Crippen LogP contribution >= 0.6 is 0 Å². The van der Waals surface area contributed by atoms with Crippen molar-refractivity contribution >= 4 is 11.8 Å².